The van der Waals surface area contributed by atoms with E-state index >= 15 is 0 Å². The average Bonchev–Trinajstić information content (AvgIpc) is 0.811. The Bertz CT molecular complexity index is 33.8. The second-order valence-electron chi connectivity index (χ2n) is 0.283. The van der Waals surface area contributed by atoms with Crippen molar-refractivity contribution in [2.24, 2.45) is 0 Å². The van der Waals surface area contributed by atoms with Crippen LogP contribution in [0.25, 0.3) is 0 Å². The summed E-state index contributed by atoms with van der Waals surface area (Å²) >= 11 is 0. The van der Waals surface area contributed by atoms with Crippen molar-refractivity contribution < 1.29 is 31.1 Å². The van der Waals surface area contributed by atoms with Gasteiger partial charge in [0.05, 0.1) is 0 Å². The first kappa shape index (κ1) is 15.8. The molecule has 36 valence electrons. The van der Waals surface area contributed by atoms with Crippen LogP contribution in [0.2, 0.25) is 0 Å². The molecule has 0 aromatic carbocycles. The summed E-state index contributed by atoms with van der Waals surface area (Å²) in [6, 6.07) is 0. The Kier molecular flexibility index (Phi) is 24.5. The minimum Gasteiger partial charge on any atom is -0.511 e. The molecule has 0 aromatic heterocycles. The molecule has 6 heteroatoms. The third kappa shape index (κ3) is 91.7. The molecule has 0 radical (unpaired) electrons. The summed E-state index contributed by atoms with van der Waals surface area (Å²) in [7, 11) is -3.13. The van der Waals surface area contributed by atoms with Gasteiger partial charge in [-0.15, -0.1) is 0 Å². The number of hydrogen-bond acceptors (Lipinski definition) is 1. The quantitative estimate of drug-likeness (QED) is 0.384. The fourth-order valence-electron chi connectivity index (χ4n) is 0. The van der Waals surface area contributed by atoms with Gasteiger partial charge in [0.25, 0.3) is 0 Å². The maximum Gasteiger partial charge on any atom is 0.761 e. The van der Waals surface area contributed by atoms with Crippen LogP contribution >= 0.6 is 0 Å². The SMILES string of the molecule is O=[Si](O)O.[Fe].[MgH2]. The van der Waals surface area contributed by atoms with Crippen molar-refractivity contribution in [3.05, 3.63) is 0 Å². The van der Waals surface area contributed by atoms with Crippen molar-refractivity contribution in [3.63, 3.8) is 0 Å². The zero-order chi connectivity index (χ0) is 3.58. The first-order valence-electron chi connectivity index (χ1n) is 0.651. The Balaban J connectivity index is -0.0000000450. The molecule has 0 bridgehead atoms. The molecule has 0 saturated heterocycles. The zero-order valence-electron chi connectivity index (χ0n) is 2.16. The molecule has 0 aliphatic heterocycles. The zero-order valence-corrected chi connectivity index (χ0v) is 4.26. The van der Waals surface area contributed by atoms with Crippen molar-refractivity contribution >= 4 is 32.2 Å². The topological polar surface area (TPSA) is 57.5 Å². The summed E-state index contributed by atoms with van der Waals surface area (Å²) in [5.74, 6) is 0. The third-order valence-corrected chi connectivity index (χ3v) is 0. The van der Waals surface area contributed by atoms with Crippen molar-refractivity contribution in [2.75, 3.05) is 0 Å². The van der Waals surface area contributed by atoms with Gasteiger partial charge < -0.3 is 9.59 Å². The molecule has 3 nitrogen and oxygen atoms in total. The van der Waals surface area contributed by atoms with Gasteiger partial charge in [0, 0.05) is 17.1 Å². The van der Waals surface area contributed by atoms with Gasteiger partial charge in [-0.1, -0.05) is 0 Å². The maximum atomic E-state index is 8.74. The molecule has 0 aliphatic rings. The van der Waals surface area contributed by atoms with E-state index in [1.54, 1.807) is 0 Å². The molecule has 0 aromatic rings. The Morgan fingerprint density at radius 2 is 1.33 bits per heavy atom. The van der Waals surface area contributed by atoms with Gasteiger partial charge in [-0.05, 0) is 0 Å². The summed E-state index contributed by atoms with van der Waals surface area (Å²) in [6.07, 6.45) is 0. The Morgan fingerprint density at radius 3 is 1.33 bits per heavy atom. The molecule has 0 rings (SSSR count). The molecule has 0 aliphatic carbocycles. The fourth-order valence-corrected chi connectivity index (χ4v) is 0. The molecule has 0 saturated carbocycles. The second kappa shape index (κ2) is 9.32. The largest absolute Gasteiger partial charge is 0.761 e. The van der Waals surface area contributed by atoms with Crippen LogP contribution in [-0.4, -0.2) is 41.8 Å². The number of rotatable bonds is 0. The van der Waals surface area contributed by atoms with Crippen LogP contribution in [0.15, 0.2) is 0 Å². The maximum absolute atomic E-state index is 8.74. The standard InChI is InChI=1S/Fe.Mg.H2O3Si.2H/c;;1-4(2)3;;/h;;1-2H;;. The molecule has 0 unspecified atom stereocenters. The van der Waals surface area contributed by atoms with E-state index in [0.717, 1.165) is 0 Å². The van der Waals surface area contributed by atoms with Crippen LogP contribution < -0.4 is 0 Å². The first-order valence-corrected chi connectivity index (χ1v) is 1.95. The molecular weight excluding hydrogens is 156 g/mol. The minimum absolute atomic E-state index is 0. The summed E-state index contributed by atoms with van der Waals surface area (Å²) in [4.78, 5) is 14.3. The van der Waals surface area contributed by atoms with Crippen molar-refractivity contribution in [1.29, 1.82) is 0 Å². The first-order chi connectivity index (χ1) is 1.73. The monoisotopic (exact) mass is 160 g/mol. The van der Waals surface area contributed by atoms with Gasteiger partial charge in [-0.2, -0.15) is 0 Å². The molecule has 2 N–H and O–H groups in total. The van der Waals surface area contributed by atoms with E-state index in [-0.39, 0.29) is 40.1 Å². The number of hydrogen-bond donors (Lipinski definition) is 2. The van der Waals surface area contributed by atoms with Crippen molar-refractivity contribution in [3.8, 4) is 0 Å². The van der Waals surface area contributed by atoms with Crippen LogP contribution in [0.1, 0.15) is 0 Å². The van der Waals surface area contributed by atoms with Gasteiger partial charge >= 0.3 is 32.2 Å². The molecular formula is H4FeMgO3Si. The van der Waals surface area contributed by atoms with Crippen molar-refractivity contribution in [2.45, 2.75) is 0 Å². The van der Waals surface area contributed by atoms with E-state index in [0.29, 0.717) is 0 Å². The predicted molar refractivity (Wildman–Crippen MR) is 19.4 cm³/mol. The Labute approximate surface area is 63.3 Å². The summed E-state index contributed by atoms with van der Waals surface area (Å²) in [6.45, 7) is 0. The molecule has 0 amide bonds. The van der Waals surface area contributed by atoms with E-state index in [4.69, 9.17) is 14.1 Å². The fraction of sp³-hybridized carbons (Fsp3) is 0. The molecule has 0 spiro atoms. The van der Waals surface area contributed by atoms with Gasteiger partial charge in [-0.3, -0.25) is 4.46 Å². The van der Waals surface area contributed by atoms with E-state index in [1.165, 1.54) is 0 Å². The second-order valence-corrected chi connectivity index (χ2v) is 0.848. The van der Waals surface area contributed by atoms with E-state index in [1.807, 2.05) is 0 Å². The Hall–Kier alpha value is 0.903. The van der Waals surface area contributed by atoms with Crippen LogP contribution in [0, 0.1) is 0 Å². The third-order valence-electron chi connectivity index (χ3n) is 0. The van der Waals surface area contributed by atoms with Gasteiger partial charge in [0.1, 0.15) is 0 Å². The minimum atomic E-state index is -3.13. The molecule has 0 fully saturated rings. The van der Waals surface area contributed by atoms with E-state index in [2.05, 4.69) is 0 Å². The molecule has 0 heterocycles. The van der Waals surface area contributed by atoms with Crippen LogP contribution in [0.5, 0.6) is 0 Å². The van der Waals surface area contributed by atoms with E-state index < -0.39 is 9.17 Å². The van der Waals surface area contributed by atoms with Crippen LogP contribution in [0.3, 0.4) is 0 Å². The Morgan fingerprint density at radius 1 is 1.33 bits per heavy atom. The van der Waals surface area contributed by atoms with Crippen LogP contribution in [-0.2, 0) is 21.5 Å². The average molecular weight is 160 g/mol. The normalized spacial score (nSPS) is 4.00. The van der Waals surface area contributed by atoms with Gasteiger partial charge in [0.2, 0.25) is 0 Å². The summed E-state index contributed by atoms with van der Waals surface area (Å²) in [5.41, 5.74) is 0. The molecule has 6 heavy (non-hydrogen) atoms. The summed E-state index contributed by atoms with van der Waals surface area (Å²) in [5, 5.41) is 0. The van der Waals surface area contributed by atoms with E-state index in [9.17, 15) is 0 Å². The molecule has 0 atom stereocenters. The smallest absolute Gasteiger partial charge is 0.511 e. The summed E-state index contributed by atoms with van der Waals surface area (Å²) < 4.78 is 8.74. The van der Waals surface area contributed by atoms with Crippen LogP contribution in [0.4, 0.5) is 0 Å². The van der Waals surface area contributed by atoms with Crippen molar-refractivity contribution in [1.82, 2.24) is 0 Å². The van der Waals surface area contributed by atoms with Gasteiger partial charge in [-0.25, -0.2) is 0 Å². The van der Waals surface area contributed by atoms with Gasteiger partial charge in [0.15, 0.2) is 0 Å². The predicted octanol–water partition coefficient (Wildman–Crippen LogP) is -2.53.